The molecule has 0 aromatic carbocycles. The van der Waals surface area contributed by atoms with Gasteiger partial charge < -0.3 is 25.6 Å². The molecule has 0 unspecified atom stereocenters. The van der Waals surface area contributed by atoms with E-state index in [0.29, 0.717) is 19.4 Å². The number of ether oxygens (including phenoxy) is 1. The molecule has 2 bridgehead atoms. The van der Waals surface area contributed by atoms with Crippen LogP contribution in [0.4, 0.5) is 22.0 Å². The zero-order valence-corrected chi connectivity index (χ0v) is 20.8. The molecule has 2 saturated heterocycles. The molecule has 39 heavy (non-hydrogen) atoms. The van der Waals surface area contributed by atoms with Gasteiger partial charge in [0, 0.05) is 19.0 Å². The molecule has 2 aliphatic heterocycles. The first-order valence-corrected chi connectivity index (χ1v) is 12.6. The van der Waals surface area contributed by atoms with Crippen LogP contribution in [0.5, 0.6) is 0 Å². The first-order valence-electron chi connectivity index (χ1n) is 12.6. The average molecular weight is 562 g/mol. The number of hydrogen-bond donors (Lipinski definition) is 3. The van der Waals surface area contributed by atoms with Crippen LogP contribution in [0.25, 0.3) is 0 Å². The minimum atomic E-state index is -5.41. The van der Waals surface area contributed by atoms with Gasteiger partial charge in [0.05, 0.1) is 12.2 Å². The van der Waals surface area contributed by atoms with E-state index >= 15 is 0 Å². The highest BCUT2D eigenvalue weighted by Gasteiger charge is 2.59. The number of rotatable bonds is 9. The topological polar surface area (TPSA) is 141 Å². The number of fused-ring (bicyclic) bond motifs is 5. The normalized spacial score (nSPS) is 31.4. The van der Waals surface area contributed by atoms with E-state index in [-0.39, 0.29) is 36.6 Å². The largest absolute Gasteiger partial charge is 0.471 e. The Labute approximate surface area is 220 Å². The second-order valence-corrected chi connectivity index (χ2v) is 10.4. The van der Waals surface area contributed by atoms with Crippen molar-refractivity contribution in [2.75, 3.05) is 13.1 Å². The van der Waals surface area contributed by atoms with Crippen molar-refractivity contribution in [1.82, 2.24) is 20.9 Å². The first kappa shape index (κ1) is 28.7. The summed E-state index contributed by atoms with van der Waals surface area (Å²) in [6, 6.07) is -2.55. The molecule has 9 atom stereocenters. The van der Waals surface area contributed by atoms with E-state index in [2.05, 4.69) is 15.4 Å². The van der Waals surface area contributed by atoms with E-state index in [1.54, 1.807) is 0 Å². The fraction of sp³-hybridized carbons (Fsp3) is 0.708. The Balaban J connectivity index is 1.59. The summed E-state index contributed by atoms with van der Waals surface area (Å²) in [6.07, 6.45) is -2.22. The Morgan fingerprint density at radius 3 is 2.51 bits per heavy atom. The summed E-state index contributed by atoms with van der Waals surface area (Å²) < 4.78 is 69.1. The van der Waals surface area contributed by atoms with Gasteiger partial charge in [-0.05, 0) is 49.9 Å². The number of nitrogens with one attached hydrogen (secondary N) is 3. The van der Waals surface area contributed by atoms with Gasteiger partial charge in [-0.1, -0.05) is 12.2 Å². The number of amides is 4. The zero-order valence-electron chi connectivity index (χ0n) is 20.8. The third-order valence-corrected chi connectivity index (χ3v) is 8.10. The number of carbonyl (C=O) groups excluding carboxylic acids is 4. The maximum absolute atomic E-state index is 13.6. The zero-order chi connectivity index (χ0) is 28.6. The number of hydrogen-bond acceptors (Lipinski definition) is 6. The van der Waals surface area contributed by atoms with Gasteiger partial charge in [0.25, 0.3) is 0 Å². The smallest absolute Gasteiger partial charge is 0.356 e. The third kappa shape index (κ3) is 5.85. The molecule has 4 aliphatic rings. The lowest BCUT2D eigenvalue weighted by atomic mass is 9.81. The Morgan fingerprint density at radius 1 is 1.23 bits per heavy atom. The molecule has 0 aromatic rings. The van der Waals surface area contributed by atoms with Gasteiger partial charge in [0.15, 0.2) is 0 Å². The molecule has 1 saturated carbocycles. The van der Waals surface area contributed by atoms with Gasteiger partial charge in [-0.15, -0.1) is 0 Å². The number of carbonyl (C=O) groups is 4. The summed E-state index contributed by atoms with van der Waals surface area (Å²) in [6.45, 7) is -2.15. The highest BCUT2D eigenvalue weighted by molar-refractivity contribution is 5.94. The van der Waals surface area contributed by atoms with Crippen LogP contribution < -0.4 is 16.0 Å². The van der Waals surface area contributed by atoms with Crippen molar-refractivity contribution in [1.29, 1.82) is 5.26 Å². The monoisotopic (exact) mass is 561 g/mol. The van der Waals surface area contributed by atoms with Crippen molar-refractivity contribution < 1.29 is 45.9 Å². The molecule has 0 spiro atoms. The van der Waals surface area contributed by atoms with Crippen LogP contribution in [-0.2, 0) is 23.9 Å². The minimum absolute atomic E-state index is 0.00000205. The maximum Gasteiger partial charge on any atom is 0.471 e. The number of halogens is 5. The van der Waals surface area contributed by atoms with Crippen molar-refractivity contribution in [3.05, 3.63) is 12.2 Å². The highest BCUT2D eigenvalue weighted by atomic mass is 19.4. The lowest BCUT2D eigenvalue weighted by Crippen LogP contribution is -2.60. The van der Waals surface area contributed by atoms with Crippen molar-refractivity contribution in [2.45, 2.75) is 63.2 Å². The predicted octanol–water partition coefficient (Wildman–Crippen LogP) is 0.845. The Kier molecular flexibility index (Phi) is 8.15. The molecule has 10 nitrogen and oxygen atoms in total. The number of alkyl halides is 5. The Bertz CT molecular complexity index is 1080. The van der Waals surface area contributed by atoms with Gasteiger partial charge in [0.1, 0.15) is 18.1 Å². The lowest BCUT2D eigenvalue weighted by Gasteiger charge is -2.34. The van der Waals surface area contributed by atoms with Crippen LogP contribution >= 0.6 is 0 Å². The first-order chi connectivity index (χ1) is 18.3. The van der Waals surface area contributed by atoms with Crippen LogP contribution in [0.1, 0.15) is 26.2 Å². The lowest BCUT2D eigenvalue weighted by molar-refractivity contribution is -0.185. The summed E-state index contributed by atoms with van der Waals surface area (Å²) in [4.78, 5) is 51.8. The van der Waals surface area contributed by atoms with Crippen LogP contribution in [0.3, 0.4) is 0 Å². The predicted molar refractivity (Wildman–Crippen MR) is 121 cm³/mol. The van der Waals surface area contributed by atoms with Crippen molar-refractivity contribution in [3.8, 4) is 6.07 Å². The molecule has 0 aromatic heterocycles. The van der Waals surface area contributed by atoms with Gasteiger partial charge in [0.2, 0.25) is 17.7 Å². The van der Waals surface area contributed by atoms with Gasteiger partial charge in [-0.25, -0.2) is 0 Å². The number of likely N-dealkylation sites (tertiary alicyclic amines) is 1. The molecule has 2 aliphatic carbocycles. The summed E-state index contributed by atoms with van der Waals surface area (Å²) in [7, 11) is 0. The molecule has 4 amide bonds. The molecule has 0 radical (unpaired) electrons. The fourth-order valence-corrected chi connectivity index (χ4v) is 6.36. The van der Waals surface area contributed by atoms with E-state index in [9.17, 15) is 46.4 Å². The summed E-state index contributed by atoms with van der Waals surface area (Å²) >= 11 is 0. The molecule has 15 heteroatoms. The van der Waals surface area contributed by atoms with Crippen LogP contribution in [0, 0.1) is 40.9 Å². The Morgan fingerprint density at radius 2 is 1.92 bits per heavy atom. The minimum Gasteiger partial charge on any atom is -0.356 e. The maximum atomic E-state index is 13.6. The summed E-state index contributed by atoms with van der Waals surface area (Å²) in [5, 5.41) is 16.3. The average Bonchev–Trinajstić information content (AvgIpc) is 3.63. The molecular weight excluding hydrogens is 533 g/mol. The molecule has 214 valence electrons. The highest BCUT2D eigenvalue weighted by Crippen LogP contribution is 2.54. The number of nitriles is 1. The van der Waals surface area contributed by atoms with Crippen molar-refractivity contribution >= 4 is 23.6 Å². The van der Waals surface area contributed by atoms with Crippen molar-refractivity contribution in [3.63, 3.8) is 0 Å². The van der Waals surface area contributed by atoms with Gasteiger partial charge in [-0.2, -0.15) is 27.2 Å². The quantitative estimate of drug-likeness (QED) is 0.282. The molecule has 4 rings (SSSR count). The standard InChI is InChI=1S/C24H28F5N5O5/c1-10(39-23(25)26)17(33-22(38)24(27,28)29)21(37)34-9-15-11-2-3-12(6-11)16(15)18(34)20(36)32-14(8-30)7-13-4-5-31-19(13)35/h2-3,10-18,23H,4-7,9H2,1H3,(H,31,35)(H,32,36)(H,33,38)/t10-,11-,12+,13+,14+,15-,16+,17+,18+/m1/s1. The molecule has 2 heterocycles. The van der Waals surface area contributed by atoms with E-state index in [1.165, 1.54) is 5.32 Å². The number of nitrogens with zero attached hydrogens (tertiary/aromatic N) is 2. The number of allylic oxidation sites excluding steroid dienone is 2. The van der Waals surface area contributed by atoms with Gasteiger partial charge in [-0.3, -0.25) is 19.2 Å². The molecular formula is C24H28F5N5O5. The van der Waals surface area contributed by atoms with Crippen LogP contribution in [-0.4, -0.2) is 78.6 Å². The third-order valence-electron chi connectivity index (χ3n) is 8.10. The second-order valence-electron chi connectivity index (χ2n) is 10.4. The van der Waals surface area contributed by atoms with Gasteiger partial charge >= 0.3 is 18.7 Å². The van der Waals surface area contributed by atoms with Crippen LogP contribution in [0.15, 0.2) is 12.2 Å². The Hall–Kier alpha value is -3.28. The summed E-state index contributed by atoms with van der Waals surface area (Å²) in [5.74, 6) is -5.97. The molecule has 3 fully saturated rings. The molecule has 3 N–H and O–H groups in total. The van der Waals surface area contributed by atoms with E-state index < -0.39 is 66.6 Å². The SMILES string of the molecule is C[C@@H](OC(F)F)[C@H](NC(=O)C(F)(F)F)C(=O)N1C[C@H]2[C@@H]([C@H]1C(=O)N[C@H](C#N)C[C@@H]1CCNC1=O)[C@H]1C=C[C@@H]2C1. The fourth-order valence-electron chi connectivity index (χ4n) is 6.36. The van der Waals surface area contributed by atoms with Crippen molar-refractivity contribution in [2.24, 2.45) is 29.6 Å². The second kappa shape index (κ2) is 11.1. The van der Waals surface area contributed by atoms with Crippen LogP contribution in [0.2, 0.25) is 0 Å². The van der Waals surface area contributed by atoms with E-state index in [4.69, 9.17) is 0 Å². The van der Waals surface area contributed by atoms with E-state index in [1.807, 2.05) is 18.2 Å². The van der Waals surface area contributed by atoms with E-state index in [0.717, 1.165) is 11.8 Å². The summed E-state index contributed by atoms with van der Waals surface area (Å²) in [5.41, 5.74) is 0.